The van der Waals surface area contributed by atoms with Gasteiger partial charge in [-0.1, -0.05) is 117 Å². The van der Waals surface area contributed by atoms with E-state index in [-0.39, 0.29) is 22.4 Å². The largest absolute Gasteiger partial charge is 0.633 e. The second-order valence-corrected chi connectivity index (χ2v) is 12.7. The number of likely N-dealkylation sites (N-methyl/N-ethyl adjacent to an activating group) is 2. The molecule has 0 aliphatic heterocycles. The molecule has 0 heterocycles. The van der Waals surface area contributed by atoms with Crippen LogP contribution in [0.1, 0.15) is 155 Å². The highest BCUT2D eigenvalue weighted by molar-refractivity contribution is 4.59. The summed E-state index contributed by atoms with van der Waals surface area (Å²) in [5, 5.41) is 46.1. The molecule has 0 spiro atoms. The van der Waals surface area contributed by atoms with Crippen molar-refractivity contribution in [3.8, 4) is 0 Å². The van der Waals surface area contributed by atoms with E-state index in [1.54, 1.807) is 14.1 Å². The van der Waals surface area contributed by atoms with E-state index >= 15 is 0 Å². The predicted octanol–water partition coefficient (Wildman–Crippen LogP) is 8.22. The first-order chi connectivity index (χ1) is 18.1. The molecule has 0 rings (SSSR count). The van der Waals surface area contributed by atoms with Crippen molar-refractivity contribution < 1.29 is 19.5 Å². The molecule has 0 aromatic carbocycles. The highest BCUT2D eigenvalue weighted by Gasteiger charge is 2.18. The molecule has 0 amide bonds. The van der Waals surface area contributed by atoms with Crippen molar-refractivity contribution in [3.63, 3.8) is 0 Å². The van der Waals surface area contributed by atoms with Gasteiger partial charge < -0.3 is 29.9 Å². The molecule has 230 valence electrons. The summed E-state index contributed by atoms with van der Waals surface area (Å²) in [6.07, 6.45) is 23.9. The Morgan fingerprint density at radius 2 is 0.711 bits per heavy atom. The van der Waals surface area contributed by atoms with Crippen molar-refractivity contribution in [2.75, 3.05) is 40.3 Å². The summed E-state index contributed by atoms with van der Waals surface area (Å²) < 4.78 is -0.753. The van der Waals surface area contributed by atoms with Crippen LogP contribution in [-0.2, 0) is 0 Å². The summed E-state index contributed by atoms with van der Waals surface area (Å²) in [6, 6.07) is 0. The highest BCUT2D eigenvalue weighted by atomic mass is 16.5. The maximum atomic E-state index is 12.7. The monoisotopic (exact) mass is 545 g/mol. The van der Waals surface area contributed by atoms with E-state index in [9.17, 15) is 20.6 Å². The average Bonchev–Trinajstić information content (AvgIpc) is 2.84. The van der Waals surface area contributed by atoms with Gasteiger partial charge in [0.1, 0.15) is 25.3 Å². The lowest BCUT2D eigenvalue weighted by atomic mass is 10.1. The van der Waals surface area contributed by atoms with Crippen molar-refractivity contribution >= 4 is 0 Å². The van der Waals surface area contributed by atoms with Gasteiger partial charge in [-0.25, -0.2) is 0 Å². The van der Waals surface area contributed by atoms with Gasteiger partial charge in [0.25, 0.3) is 0 Å². The number of hydrogen-bond acceptors (Lipinski definition) is 4. The Bertz CT molecular complexity index is 458. The van der Waals surface area contributed by atoms with Gasteiger partial charge in [0.15, 0.2) is 0 Å². The van der Waals surface area contributed by atoms with E-state index in [1.807, 2.05) is 0 Å². The third-order valence-corrected chi connectivity index (χ3v) is 7.99. The van der Waals surface area contributed by atoms with Crippen LogP contribution in [0.2, 0.25) is 0 Å². The number of aliphatic hydroxyl groups is 2. The predicted molar refractivity (Wildman–Crippen MR) is 164 cm³/mol. The zero-order chi connectivity index (χ0) is 28.5. The number of unbranched alkanes of at least 4 members (excludes halogenated alkanes) is 17. The summed E-state index contributed by atoms with van der Waals surface area (Å²) in [5.41, 5.74) is 0. The van der Waals surface area contributed by atoms with Gasteiger partial charge >= 0.3 is 0 Å². The number of hydrogen-bond donors (Lipinski definition) is 2. The lowest BCUT2D eigenvalue weighted by Gasteiger charge is -2.41. The molecule has 0 aromatic rings. The molecule has 2 N–H and O–H groups in total. The van der Waals surface area contributed by atoms with Crippen molar-refractivity contribution in [2.24, 2.45) is 0 Å². The van der Waals surface area contributed by atoms with Crippen molar-refractivity contribution in [1.29, 1.82) is 0 Å². The van der Waals surface area contributed by atoms with E-state index in [4.69, 9.17) is 0 Å². The van der Waals surface area contributed by atoms with Crippen LogP contribution in [0, 0.1) is 10.4 Å². The molecule has 0 saturated carbocycles. The molecule has 0 aliphatic rings. The first kappa shape index (κ1) is 37.8. The summed E-state index contributed by atoms with van der Waals surface area (Å²) >= 11 is 0. The van der Waals surface area contributed by atoms with Gasteiger partial charge in [0.05, 0.1) is 27.2 Å². The fourth-order valence-corrected chi connectivity index (χ4v) is 5.53. The van der Waals surface area contributed by atoms with Gasteiger partial charge in [-0.3, -0.25) is 0 Å². The maximum absolute atomic E-state index is 12.7. The second kappa shape index (κ2) is 24.5. The quantitative estimate of drug-likeness (QED) is 0.0564. The van der Waals surface area contributed by atoms with E-state index < -0.39 is 12.2 Å². The Labute approximate surface area is 237 Å². The molecule has 6 nitrogen and oxygen atoms in total. The average molecular weight is 545 g/mol. The number of hydroxylamine groups is 6. The molecule has 0 aliphatic carbocycles. The zero-order valence-electron chi connectivity index (χ0n) is 26.1. The molecule has 4 atom stereocenters. The molecule has 38 heavy (non-hydrogen) atoms. The smallest absolute Gasteiger partial charge is 0.104 e. The van der Waals surface area contributed by atoms with Gasteiger partial charge in [0.2, 0.25) is 0 Å². The van der Waals surface area contributed by atoms with E-state index in [0.717, 1.165) is 64.2 Å². The standard InChI is InChI=1S/C32H68N2O4/c1-5-7-9-11-13-15-17-21-25-31(35)29-33(3,37)27-23-19-20-24-28-34(4,38)30-32(36)26-22-18-16-14-12-10-8-6-2/h31-32,35-36H,5-30H2,1-4H3. The van der Waals surface area contributed by atoms with E-state index in [0.29, 0.717) is 13.1 Å². The minimum Gasteiger partial charge on any atom is -0.633 e. The third-order valence-electron chi connectivity index (χ3n) is 7.99. The fraction of sp³-hybridized carbons (Fsp3) is 1.00. The van der Waals surface area contributed by atoms with Crippen molar-refractivity contribution in [2.45, 2.75) is 167 Å². The van der Waals surface area contributed by atoms with Crippen LogP contribution in [0.3, 0.4) is 0 Å². The van der Waals surface area contributed by atoms with E-state index in [1.165, 1.54) is 77.0 Å². The topological polar surface area (TPSA) is 86.6 Å². The summed E-state index contributed by atoms with van der Waals surface area (Å²) in [5.74, 6) is 0. The molecule has 0 bridgehead atoms. The Morgan fingerprint density at radius 3 is 1.03 bits per heavy atom. The fourth-order valence-electron chi connectivity index (χ4n) is 5.53. The first-order valence-electron chi connectivity index (χ1n) is 16.6. The Hall–Kier alpha value is -0.240. The Morgan fingerprint density at radius 1 is 0.447 bits per heavy atom. The molecule has 4 unspecified atom stereocenters. The minimum atomic E-state index is -0.506. The zero-order valence-corrected chi connectivity index (χ0v) is 26.1. The molecule has 0 fully saturated rings. The summed E-state index contributed by atoms with van der Waals surface area (Å²) in [6.45, 7) is 6.08. The lowest BCUT2D eigenvalue weighted by molar-refractivity contribution is -0.865. The van der Waals surface area contributed by atoms with Gasteiger partial charge in [-0.15, -0.1) is 0 Å². The number of nitrogens with zero attached hydrogens (tertiary/aromatic N) is 2. The molecule has 0 saturated heterocycles. The molecule has 6 heteroatoms. The van der Waals surface area contributed by atoms with Crippen LogP contribution in [0.4, 0.5) is 0 Å². The van der Waals surface area contributed by atoms with Crippen LogP contribution in [0.5, 0.6) is 0 Å². The number of quaternary nitrogens is 2. The maximum Gasteiger partial charge on any atom is 0.104 e. The van der Waals surface area contributed by atoms with Crippen molar-refractivity contribution in [3.05, 3.63) is 10.4 Å². The molecule has 0 radical (unpaired) electrons. The summed E-state index contributed by atoms with van der Waals surface area (Å²) in [7, 11) is 3.35. The summed E-state index contributed by atoms with van der Waals surface area (Å²) in [4.78, 5) is 0. The van der Waals surface area contributed by atoms with E-state index in [2.05, 4.69) is 13.8 Å². The number of rotatable bonds is 29. The third kappa shape index (κ3) is 26.0. The minimum absolute atomic E-state index is 0.281. The van der Waals surface area contributed by atoms with Crippen LogP contribution < -0.4 is 0 Å². The lowest BCUT2D eigenvalue weighted by Crippen LogP contribution is -2.44. The van der Waals surface area contributed by atoms with Crippen LogP contribution in [0.15, 0.2) is 0 Å². The van der Waals surface area contributed by atoms with Crippen LogP contribution in [0.25, 0.3) is 0 Å². The Balaban J connectivity index is 3.77. The van der Waals surface area contributed by atoms with Crippen LogP contribution in [-0.4, -0.2) is 72.0 Å². The van der Waals surface area contributed by atoms with Gasteiger partial charge in [-0.2, -0.15) is 0 Å². The number of aliphatic hydroxyl groups excluding tert-OH is 2. The van der Waals surface area contributed by atoms with Crippen LogP contribution >= 0.6 is 0 Å². The molecular weight excluding hydrogens is 476 g/mol. The first-order valence-corrected chi connectivity index (χ1v) is 16.6. The molecule has 0 aromatic heterocycles. The molecular formula is C32H68N2O4. The van der Waals surface area contributed by atoms with Gasteiger partial charge in [-0.05, 0) is 38.5 Å². The highest BCUT2D eigenvalue weighted by Crippen LogP contribution is 2.16. The van der Waals surface area contributed by atoms with Gasteiger partial charge in [0, 0.05) is 0 Å². The Kier molecular flexibility index (Phi) is 24.4. The van der Waals surface area contributed by atoms with Crippen molar-refractivity contribution in [1.82, 2.24) is 0 Å². The normalized spacial score (nSPS) is 16.7. The second-order valence-electron chi connectivity index (χ2n) is 12.7. The SMILES string of the molecule is CCCCCCCCCCC(O)C[N+](C)([O-])CCCCCC[N+](C)([O-])CC(O)CCCCCCCCCC.